The van der Waals surface area contributed by atoms with E-state index in [1.807, 2.05) is 12.1 Å². The van der Waals surface area contributed by atoms with Gasteiger partial charge in [-0.15, -0.1) is 0 Å². The van der Waals surface area contributed by atoms with E-state index in [0.717, 1.165) is 38.3 Å². The maximum Gasteiger partial charge on any atom is 0.129 e. The normalized spacial score (nSPS) is 19.5. The van der Waals surface area contributed by atoms with Crippen LogP contribution in [0.4, 0.5) is 0 Å². The standard InChI is InChI=1S/C14H21BrN2O2/c1-2-16-5-7-17(8-6-16)13(10-18)11-3-4-14(19)12(15)9-11/h3-4,9,13,18-19H,2,5-8,10H2,1H3. The first-order valence-corrected chi connectivity index (χ1v) is 7.50. The fourth-order valence-corrected chi connectivity index (χ4v) is 2.95. The molecule has 0 aliphatic carbocycles. The van der Waals surface area contributed by atoms with Gasteiger partial charge in [0, 0.05) is 26.2 Å². The summed E-state index contributed by atoms with van der Waals surface area (Å²) in [7, 11) is 0. The van der Waals surface area contributed by atoms with Crippen LogP contribution in [0.3, 0.4) is 0 Å². The molecule has 1 fully saturated rings. The molecule has 1 aliphatic heterocycles. The average molecular weight is 329 g/mol. The smallest absolute Gasteiger partial charge is 0.129 e. The summed E-state index contributed by atoms with van der Waals surface area (Å²) in [4.78, 5) is 4.72. The van der Waals surface area contributed by atoms with Crippen LogP contribution in [0, 0.1) is 0 Å². The maximum atomic E-state index is 9.68. The molecule has 1 aliphatic rings. The zero-order valence-corrected chi connectivity index (χ0v) is 12.8. The molecule has 2 rings (SSSR count). The minimum Gasteiger partial charge on any atom is -0.507 e. The van der Waals surface area contributed by atoms with Gasteiger partial charge >= 0.3 is 0 Å². The van der Waals surface area contributed by atoms with Gasteiger partial charge in [-0.25, -0.2) is 0 Å². The lowest BCUT2D eigenvalue weighted by atomic mass is 10.0. The molecule has 106 valence electrons. The highest BCUT2D eigenvalue weighted by atomic mass is 79.9. The lowest BCUT2D eigenvalue weighted by molar-refractivity contribution is 0.0672. The Hall–Kier alpha value is -0.620. The highest BCUT2D eigenvalue weighted by Crippen LogP contribution is 2.29. The third kappa shape index (κ3) is 3.48. The molecule has 1 unspecified atom stereocenters. The molecule has 0 saturated carbocycles. The molecule has 0 aromatic heterocycles. The van der Waals surface area contributed by atoms with Gasteiger partial charge in [-0.1, -0.05) is 13.0 Å². The van der Waals surface area contributed by atoms with E-state index < -0.39 is 0 Å². The Morgan fingerprint density at radius 2 is 1.95 bits per heavy atom. The summed E-state index contributed by atoms with van der Waals surface area (Å²) >= 11 is 3.33. The molecule has 1 aromatic rings. The molecule has 1 aromatic carbocycles. The number of rotatable bonds is 4. The molecule has 1 heterocycles. The Morgan fingerprint density at radius 3 is 2.47 bits per heavy atom. The third-order valence-corrected chi connectivity index (χ3v) is 4.46. The highest BCUT2D eigenvalue weighted by molar-refractivity contribution is 9.10. The lowest BCUT2D eigenvalue weighted by Gasteiger charge is -2.38. The second-order valence-corrected chi connectivity index (χ2v) is 5.73. The van der Waals surface area contributed by atoms with Crippen molar-refractivity contribution in [1.82, 2.24) is 9.80 Å². The Labute approximate surface area is 122 Å². The minimum atomic E-state index is 0.0101. The van der Waals surface area contributed by atoms with Crippen molar-refractivity contribution in [2.45, 2.75) is 13.0 Å². The van der Waals surface area contributed by atoms with E-state index in [4.69, 9.17) is 0 Å². The summed E-state index contributed by atoms with van der Waals surface area (Å²) in [5, 5.41) is 19.2. The number of halogens is 1. The first-order valence-electron chi connectivity index (χ1n) is 6.71. The van der Waals surface area contributed by atoms with Crippen LogP contribution in [0.2, 0.25) is 0 Å². The summed E-state index contributed by atoms with van der Waals surface area (Å²) in [5.74, 6) is 0.233. The van der Waals surface area contributed by atoms with E-state index in [2.05, 4.69) is 32.7 Å². The van der Waals surface area contributed by atoms with Gasteiger partial charge in [0.15, 0.2) is 0 Å². The summed E-state index contributed by atoms with van der Waals surface area (Å²) in [5.41, 5.74) is 1.04. The SMILES string of the molecule is CCN1CCN(C(CO)c2ccc(O)c(Br)c2)CC1. The van der Waals surface area contributed by atoms with Crippen LogP contribution >= 0.6 is 15.9 Å². The molecule has 1 atom stereocenters. The number of hydrogen-bond donors (Lipinski definition) is 2. The number of hydrogen-bond acceptors (Lipinski definition) is 4. The number of aromatic hydroxyl groups is 1. The van der Waals surface area contributed by atoms with Crippen LogP contribution in [0.5, 0.6) is 5.75 Å². The fraction of sp³-hybridized carbons (Fsp3) is 0.571. The van der Waals surface area contributed by atoms with Crippen molar-refractivity contribution in [3.8, 4) is 5.75 Å². The Balaban J connectivity index is 2.09. The number of phenols is 1. The summed E-state index contributed by atoms with van der Waals surface area (Å²) < 4.78 is 0.677. The second kappa shape index (κ2) is 6.70. The van der Waals surface area contributed by atoms with E-state index in [0.29, 0.717) is 4.47 Å². The van der Waals surface area contributed by atoms with Crippen LogP contribution < -0.4 is 0 Å². The van der Waals surface area contributed by atoms with Crippen molar-refractivity contribution < 1.29 is 10.2 Å². The number of likely N-dealkylation sites (N-methyl/N-ethyl adjacent to an activating group) is 1. The summed E-state index contributed by atoms with van der Waals surface area (Å²) in [6.07, 6.45) is 0. The van der Waals surface area contributed by atoms with Crippen LogP contribution in [0.25, 0.3) is 0 Å². The highest BCUT2D eigenvalue weighted by Gasteiger charge is 2.24. The number of piperazine rings is 1. The second-order valence-electron chi connectivity index (χ2n) is 4.88. The molecule has 19 heavy (non-hydrogen) atoms. The molecule has 0 spiro atoms. The first kappa shape index (κ1) is 14.8. The number of nitrogens with zero attached hydrogens (tertiary/aromatic N) is 2. The van der Waals surface area contributed by atoms with Crippen LogP contribution in [-0.2, 0) is 0 Å². The van der Waals surface area contributed by atoms with Crippen molar-refractivity contribution in [2.24, 2.45) is 0 Å². The van der Waals surface area contributed by atoms with Gasteiger partial charge in [0.05, 0.1) is 17.1 Å². The molecule has 2 N–H and O–H groups in total. The zero-order chi connectivity index (χ0) is 13.8. The topological polar surface area (TPSA) is 46.9 Å². The van der Waals surface area contributed by atoms with Gasteiger partial charge < -0.3 is 15.1 Å². The van der Waals surface area contributed by atoms with Gasteiger partial charge in [-0.2, -0.15) is 0 Å². The molecule has 0 amide bonds. The van der Waals surface area contributed by atoms with Crippen LogP contribution in [-0.4, -0.2) is 59.3 Å². The molecular formula is C14H21BrN2O2. The predicted molar refractivity (Wildman–Crippen MR) is 79.3 cm³/mol. The number of aliphatic hydroxyl groups is 1. The third-order valence-electron chi connectivity index (χ3n) is 3.82. The first-order chi connectivity index (χ1) is 9.15. The molecular weight excluding hydrogens is 308 g/mol. The maximum absolute atomic E-state index is 9.68. The van der Waals surface area contributed by atoms with E-state index in [9.17, 15) is 10.2 Å². The van der Waals surface area contributed by atoms with E-state index in [-0.39, 0.29) is 18.4 Å². The van der Waals surface area contributed by atoms with E-state index in [1.54, 1.807) is 6.07 Å². The van der Waals surface area contributed by atoms with Gasteiger partial charge in [-0.05, 0) is 40.2 Å². The van der Waals surface area contributed by atoms with Crippen molar-refractivity contribution in [2.75, 3.05) is 39.3 Å². The fourth-order valence-electron chi connectivity index (χ4n) is 2.55. The van der Waals surface area contributed by atoms with Gasteiger partial charge in [-0.3, -0.25) is 4.90 Å². The van der Waals surface area contributed by atoms with Crippen molar-refractivity contribution >= 4 is 15.9 Å². The zero-order valence-electron chi connectivity index (χ0n) is 11.2. The molecule has 1 saturated heterocycles. The monoisotopic (exact) mass is 328 g/mol. The number of benzene rings is 1. The number of phenolic OH excluding ortho intramolecular Hbond substituents is 1. The van der Waals surface area contributed by atoms with Gasteiger partial charge in [0.1, 0.15) is 5.75 Å². The summed E-state index contributed by atoms with van der Waals surface area (Å²) in [6, 6.07) is 5.45. The summed E-state index contributed by atoms with van der Waals surface area (Å²) in [6.45, 7) is 7.40. The van der Waals surface area contributed by atoms with Crippen molar-refractivity contribution in [3.05, 3.63) is 28.2 Å². The lowest BCUT2D eigenvalue weighted by Crippen LogP contribution is -2.48. The van der Waals surface area contributed by atoms with Crippen molar-refractivity contribution in [1.29, 1.82) is 0 Å². The minimum absolute atomic E-state index is 0.0101. The molecule has 0 bridgehead atoms. The molecule has 4 nitrogen and oxygen atoms in total. The van der Waals surface area contributed by atoms with Gasteiger partial charge in [0.2, 0.25) is 0 Å². The predicted octanol–water partition coefficient (Wildman–Crippen LogP) is 1.83. The molecule has 5 heteroatoms. The molecule has 0 radical (unpaired) electrons. The number of aliphatic hydroxyl groups excluding tert-OH is 1. The Kier molecular flexibility index (Phi) is 5.21. The Morgan fingerprint density at radius 1 is 1.26 bits per heavy atom. The van der Waals surface area contributed by atoms with E-state index >= 15 is 0 Å². The Bertz CT molecular complexity index is 420. The van der Waals surface area contributed by atoms with Crippen molar-refractivity contribution in [3.63, 3.8) is 0 Å². The average Bonchev–Trinajstić information content (AvgIpc) is 2.44. The quantitative estimate of drug-likeness (QED) is 0.885. The van der Waals surface area contributed by atoms with Gasteiger partial charge in [0.25, 0.3) is 0 Å². The van der Waals surface area contributed by atoms with Crippen LogP contribution in [0.1, 0.15) is 18.5 Å². The largest absolute Gasteiger partial charge is 0.507 e. The van der Waals surface area contributed by atoms with E-state index in [1.165, 1.54) is 0 Å². The van der Waals surface area contributed by atoms with Crippen LogP contribution in [0.15, 0.2) is 22.7 Å².